The number of amides is 2. The Morgan fingerprint density at radius 2 is 1.56 bits per heavy atom. The molecule has 3 aromatic carbocycles. The van der Waals surface area contributed by atoms with E-state index in [-0.39, 0.29) is 17.3 Å². The molecule has 0 bridgehead atoms. The first-order valence-electron chi connectivity index (χ1n) is 11.6. The predicted octanol–water partition coefficient (Wildman–Crippen LogP) is 4.40. The maximum atomic E-state index is 13.8. The van der Waals surface area contributed by atoms with E-state index in [4.69, 9.17) is 11.6 Å². The molecule has 2 amide bonds. The molecule has 3 aromatic rings. The lowest BCUT2D eigenvalue weighted by Crippen LogP contribution is -2.51. The number of nitrogens with one attached hydrogen (secondary N) is 1. The number of nitrogens with zero attached hydrogens (tertiary/aromatic N) is 2. The van der Waals surface area contributed by atoms with Gasteiger partial charge in [-0.25, -0.2) is 8.42 Å². The smallest absolute Gasteiger partial charge is 0.264 e. The topological polar surface area (TPSA) is 86.8 Å². The first kappa shape index (κ1) is 27.2. The van der Waals surface area contributed by atoms with Gasteiger partial charge in [0.05, 0.1) is 10.6 Å². The number of para-hydroxylation sites is 1. The highest BCUT2D eigenvalue weighted by atomic mass is 35.5. The van der Waals surface area contributed by atoms with Gasteiger partial charge >= 0.3 is 0 Å². The number of hydrogen-bond donors (Lipinski definition) is 1. The average Bonchev–Trinajstić information content (AvgIpc) is 2.88. The highest BCUT2D eigenvalue weighted by Crippen LogP contribution is 2.28. The van der Waals surface area contributed by atoms with Gasteiger partial charge < -0.3 is 10.2 Å². The third-order valence-corrected chi connectivity index (χ3v) is 8.07. The molecule has 0 aromatic heterocycles. The van der Waals surface area contributed by atoms with E-state index in [0.29, 0.717) is 28.3 Å². The van der Waals surface area contributed by atoms with E-state index in [1.54, 1.807) is 80.6 Å². The maximum Gasteiger partial charge on any atom is 0.264 e. The fourth-order valence-corrected chi connectivity index (χ4v) is 5.67. The number of sulfonamides is 1. The highest BCUT2D eigenvalue weighted by molar-refractivity contribution is 7.92. The molecule has 0 heterocycles. The van der Waals surface area contributed by atoms with E-state index < -0.39 is 28.5 Å². The van der Waals surface area contributed by atoms with Crippen LogP contribution in [0.1, 0.15) is 24.5 Å². The van der Waals surface area contributed by atoms with E-state index in [1.807, 2.05) is 0 Å². The molecule has 1 atom stereocenters. The minimum atomic E-state index is -4.09. The van der Waals surface area contributed by atoms with Crippen LogP contribution in [-0.2, 0) is 26.2 Å². The van der Waals surface area contributed by atoms with Gasteiger partial charge in [-0.3, -0.25) is 13.9 Å². The maximum absolute atomic E-state index is 13.8. The summed E-state index contributed by atoms with van der Waals surface area (Å²) in [6.45, 7) is 3.15. The fraction of sp³-hybridized carbons (Fsp3) is 0.259. The average molecular weight is 528 g/mol. The molecular formula is C27H30ClN3O4S. The monoisotopic (exact) mass is 527 g/mol. The van der Waals surface area contributed by atoms with Crippen LogP contribution >= 0.6 is 11.6 Å². The molecule has 0 saturated heterocycles. The van der Waals surface area contributed by atoms with Crippen molar-refractivity contribution in [2.45, 2.75) is 37.8 Å². The molecule has 1 unspecified atom stereocenters. The van der Waals surface area contributed by atoms with Crippen LogP contribution in [0.3, 0.4) is 0 Å². The van der Waals surface area contributed by atoms with E-state index in [2.05, 4.69) is 5.32 Å². The minimum Gasteiger partial charge on any atom is -0.357 e. The van der Waals surface area contributed by atoms with Crippen LogP contribution in [0, 0.1) is 6.92 Å². The first-order chi connectivity index (χ1) is 17.2. The minimum absolute atomic E-state index is 0.0530. The summed E-state index contributed by atoms with van der Waals surface area (Å²) in [7, 11) is -2.58. The molecule has 0 radical (unpaired) electrons. The van der Waals surface area contributed by atoms with Gasteiger partial charge in [-0.05, 0) is 48.7 Å². The van der Waals surface area contributed by atoms with Gasteiger partial charge in [0.1, 0.15) is 12.6 Å². The highest BCUT2D eigenvalue weighted by Gasteiger charge is 2.34. The number of rotatable bonds is 10. The molecule has 0 aliphatic rings. The Kier molecular flexibility index (Phi) is 9.12. The number of halogens is 1. The molecule has 36 heavy (non-hydrogen) atoms. The van der Waals surface area contributed by atoms with Crippen LogP contribution in [0.4, 0.5) is 5.69 Å². The quantitative estimate of drug-likeness (QED) is 0.423. The van der Waals surface area contributed by atoms with Crippen molar-refractivity contribution in [2.24, 2.45) is 0 Å². The predicted molar refractivity (Wildman–Crippen MR) is 142 cm³/mol. The van der Waals surface area contributed by atoms with E-state index >= 15 is 0 Å². The normalized spacial score (nSPS) is 12.0. The summed E-state index contributed by atoms with van der Waals surface area (Å²) in [4.78, 5) is 28.0. The van der Waals surface area contributed by atoms with Crippen LogP contribution in [0.15, 0.2) is 83.8 Å². The van der Waals surface area contributed by atoms with Crippen molar-refractivity contribution >= 4 is 39.1 Å². The summed E-state index contributed by atoms with van der Waals surface area (Å²) in [6.07, 6.45) is 0.339. The molecule has 0 saturated carbocycles. The largest absolute Gasteiger partial charge is 0.357 e. The molecule has 0 spiro atoms. The number of aryl methyl sites for hydroxylation is 1. The van der Waals surface area contributed by atoms with Crippen molar-refractivity contribution in [1.82, 2.24) is 10.2 Å². The van der Waals surface area contributed by atoms with Gasteiger partial charge in [0.2, 0.25) is 11.8 Å². The Balaban J connectivity index is 2.08. The third kappa shape index (κ3) is 6.06. The molecular weight excluding hydrogens is 498 g/mol. The van der Waals surface area contributed by atoms with Gasteiger partial charge in [0, 0.05) is 18.6 Å². The molecule has 1 N–H and O–H groups in total. The van der Waals surface area contributed by atoms with Gasteiger partial charge in [-0.2, -0.15) is 0 Å². The van der Waals surface area contributed by atoms with E-state index in [0.717, 1.165) is 4.31 Å². The fourth-order valence-electron chi connectivity index (χ4n) is 3.97. The van der Waals surface area contributed by atoms with Gasteiger partial charge in [-0.15, -0.1) is 0 Å². The number of likely N-dealkylation sites (N-methyl/N-ethyl adjacent to an activating group) is 1. The van der Waals surface area contributed by atoms with Crippen LogP contribution in [0.25, 0.3) is 0 Å². The number of anilines is 1. The molecule has 0 aliphatic heterocycles. The lowest BCUT2D eigenvalue weighted by atomic mass is 10.1. The lowest BCUT2D eigenvalue weighted by molar-refractivity contribution is -0.140. The van der Waals surface area contributed by atoms with Crippen LogP contribution < -0.4 is 9.62 Å². The van der Waals surface area contributed by atoms with Crippen molar-refractivity contribution in [1.29, 1.82) is 0 Å². The third-order valence-electron chi connectivity index (χ3n) is 5.93. The zero-order valence-electron chi connectivity index (χ0n) is 20.5. The summed E-state index contributed by atoms with van der Waals surface area (Å²) in [5, 5.41) is 3.06. The summed E-state index contributed by atoms with van der Waals surface area (Å²) in [5.74, 6) is -0.862. The summed E-state index contributed by atoms with van der Waals surface area (Å²) >= 11 is 6.36. The van der Waals surface area contributed by atoms with Crippen LogP contribution in [0.5, 0.6) is 0 Å². The van der Waals surface area contributed by atoms with Gasteiger partial charge in [-0.1, -0.05) is 73.1 Å². The van der Waals surface area contributed by atoms with E-state index in [1.165, 1.54) is 24.1 Å². The number of benzene rings is 3. The standard InChI is InChI=1S/C27H30ClN3O4S/c1-4-24(27(33)29-3)30(18-21-13-9-10-16-23(21)28)26(32)19-31(25-17-11-8-12-20(25)2)36(34,35)22-14-6-5-7-15-22/h5-17,24H,4,18-19H2,1-3H3,(H,29,33). The summed E-state index contributed by atoms with van der Waals surface area (Å²) in [6, 6.07) is 21.2. The molecule has 0 fully saturated rings. The molecule has 190 valence electrons. The second-order valence-corrected chi connectivity index (χ2v) is 10.5. The Bertz CT molecular complexity index is 1320. The summed E-state index contributed by atoms with van der Waals surface area (Å²) in [5.41, 5.74) is 1.74. The number of carbonyl (C=O) groups is 2. The Morgan fingerprint density at radius 1 is 0.944 bits per heavy atom. The van der Waals surface area contributed by atoms with E-state index in [9.17, 15) is 18.0 Å². The van der Waals surface area contributed by atoms with Crippen molar-refractivity contribution in [3.8, 4) is 0 Å². The number of carbonyl (C=O) groups excluding carboxylic acids is 2. The molecule has 0 aliphatic carbocycles. The molecule has 3 rings (SSSR count). The first-order valence-corrected chi connectivity index (χ1v) is 13.4. The van der Waals surface area contributed by atoms with Gasteiger partial charge in [0.15, 0.2) is 0 Å². The van der Waals surface area contributed by atoms with Gasteiger partial charge in [0.25, 0.3) is 10.0 Å². The second-order valence-electron chi connectivity index (χ2n) is 8.26. The Labute approximate surface area is 217 Å². The Hall–Kier alpha value is -3.36. The van der Waals surface area contributed by atoms with Crippen molar-refractivity contribution < 1.29 is 18.0 Å². The SMILES string of the molecule is CCC(C(=O)NC)N(Cc1ccccc1Cl)C(=O)CN(c1ccccc1C)S(=O)(=O)c1ccccc1. The van der Waals surface area contributed by atoms with Crippen molar-refractivity contribution in [3.63, 3.8) is 0 Å². The second kappa shape index (κ2) is 12.1. The van der Waals surface area contributed by atoms with Crippen molar-refractivity contribution in [3.05, 3.63) is 95.0 Å². The molecule has 9 heteroatoms. The zero-order chi connectivity index (χ0) is 26.3. The van der Waals surface area contributed by atoms with Crippen molar-refractivity contribution in [2.75, 3.05) is 17.9 Å². The molecule has 7 nitrogen and oxygen atoms in total. The zero-order valence-corrected chi connectivity index (χ0v) is 22.1. The number of hydrogen-bond acceptors (Lipinski definition) is 4. The van der Waals surface area contributed by atoms with Crippen LogP contribution in [-0.4, -0.2) is 44.8 Å². The lowest BCUT2D eigenvalue weighted by Gasteiger charge is -2.33. The summed E-state index contributed by atoms with van der Waals surface area (Å²) < 4.78 is 28.6. The Morgan fingerprint density at radius 3 is 2.17 bits per heavy atom. The van der Waals surface area contributed by atoms with Crippen LogP contribution in [0.2, 0.25) is 5.02 Å².